The summed E-state index contributed by atoms with van der Waals surface area (Å²) in [5.74, 6) is 0.752. The van der Waals surface area contributed by atoms with E-state index in [-0.39, 0.29) is 37.8 Å². The third-order valence-corrected chi connectivity index (χ3v) is 6.82. The fourth-order valence-corrected chi connectivity index (χ4v) is 5.00. The number of imide groups is 1. The van der Waals surface area contributed by atoms with E-state index in [4.69, 9.17) is 18.9 Å². The van der Waals surface area contributed by atoms with Crippen molar-refractivity contribution in [2.45, 2.75) is 31.2 Å². The van der Waals surface area contributed by atoms with Gasteiger partial charge in [0.1, 0.15) is 5.75 Å². The number of para-hydroxylation sites is 2. The van der Waals surface area contributed by atoms with Gasteiger partial charge < -0.3 is 23.8 Å². The second kappa shape index (κ2) is 11.0. The number of rotatable bonds is 8. The average Bonchev–Trinajstić information content (AvgIpc) is 3.11. The van der Waals surface area contributed by atoms with Gasteiger partial charge in [0.15, 0.2) is 11.5 Å². The number of nitrogens with zero attached hydrogens (tertiary/aromatic N) is 2. The van der Waals surface area contributed by atoms with Gasteiger partial charge in [0, 0.05) is 44.2 Å². The van der Waals surface area contributed by atoms with Crippen LogP contribution in [0.5, 0.6) is 17.2 Å². The number of hydrogen-bond donors (Lipinski definition) is 0. The molecule has 0 unspecified atom stereocenters. The molecule has 0 bridgehead atoms. The Bertz CT molecular complexity index is 1130. The van der Waals surface area contributed by atoms with Crippen LogP contribution < -0.4 is 14.2 Å². The van der Waals surface area contributed by atoms with E-state index in [1.54, 1.807) is 36.3 Å². The maximum atomic E-state index is 13.8. The molecular formula is C27H32N2O7. The summed E-state index contributed by atoms with van der Waals surface area (Å²) in [6.45, 7) is 1.55. The van der Waals surface area contributed by atoms with E-state index in [0.717, 1.165) is 5.56 Å². The van der Waals surface area contributed by atoms with Gasteiger partial charge in [0.25, 0.3) is 0 Å². The predicted molar refractivity (Wildman–Crippen MR) is 131 cm³/mol. The van der Waals surface area contributed by atoms with Crippen LogP contribution in [-0.4, -0.2) is 75.2 Å². The van der Waals surface area contributed by atoms with Gasteiger partial charge in [0.2, 0.25) is 17.7 Å². The minimum atomic E-state index is -1.36. The molecule has 0 saturated carbocycles. The maximum Gasteiger partial charge on any atom is 0.241 e. The summed E-state index contributed by atoms with van der Waals surface area (Å²) < 4.78 is 22.0. The molecule has 2 heterocycles. The van der Waals surface area contributed by atoms with Crippen LogP contribution in [0.4, 0.5) is 0 Å². The molecule has 9 nitrogen and oxygen atoms in total. The quantitative estimate of drug-likeness (QED) is 0.519. The molecule has 1 saturated heterocycles. The van der Waals surface area contributed by atoms with Crippen molar-refractivity contribution < 1.29 is 33.3 Å². The Balaban J connectivity index is 1.69. The zero-order chi connectivity index (χ0) is 25.7. The SMILES string of the molecule is COCCN1C(=O)C[C@](CC(=O)N2CCCOc3c(cccc3OC)C2)(c2ccccc2OC)C1=O. The van der Waals surface area contributed by atoms with E-state index in [9.17, 15) is 14.4 Å². The summed E-state index contributed by atoms with van der Waals surface area (Å²) in [6.07, 6.45) is 0.363. The Morgan fingerprint density at radius 3 is 2.53 bits per heavy atom. The first-order chi connectivity index (χ1) is 17.4. The van der Waals surface area contributed by atoms with E-state index in [1.165, 1.54) is 19.1 Å². The van der Waals surface area contributed by atoms with Crippen LogP contribution in [0.1, 0.15) is 30.4 Å². The minimum absolute atomic E-state index is 0.108. The fourth-order valence-electron chi connectivity index (χ4n) is 5.00. The van der Waals surface area contributed by atoms with Crippen molar-refractivity contribution in [3.8, 4) is 17.2 Å². The number of hydrogen-bond acceptors (Lipinski definition) is 7. The fraction of sp³-hybridized carbons (Fsp3) is 0.444. The van der Waals surface area contributed by atoms with Crippen LogP contribution in [0.15, 0.2) is 42.5 Å². The lowest BCUT2D eigenvalue weighted by atomic mass is 9.75. The average molecular weight is 497 g/mol. The van der Waals surface area contributed by atoms with Crippen molar-refractivity contribution in [3.63, 3.8) is 0 Å². The summed E-state index contributed by atoms with van der Waals surface area (Å²) in [7, 11) is 4.61. The van der Waals surface area contributed by atoms with E-state index < -0.39 is 11.3 Å². The Morgan fingerprint density at radius 2 is 1.78 bits per heavy atom. The number of likely N-dealkylation sites (tertiary alicyclic amines) is 1. The molecule has 0 N–H and O–H groups in total. The molecule has 0 aromatic heterocycles. The van der Waals surface area contributed by atoms with Gasteiger partial charge in [0.05, 0.1) is 39.4 Å². The smallest absolute Gasteiger partial charge is 0.241 e. The minimum Gasteiger partial charge on any atom is -0.496 e. The van der Waals surface area contributed by atoms with Crippen LogP contribution in [0, 0.1) is 0 Å². The summed E-state index contributed by atoms with van der Waals surface area (Å²) >= 11 is 0. The summed E-state index contributed by atoms with van der Waals surface area (Å²) in [5, 5.41) is 0. The van der Waals surface area contributed by atoms with Crippen LogP contribution in [0.3, 0.4) is 0 Å². The third-order valence-electron chi connectivity index (χ3n) is 6.82. The number of carbonyl (C=O) groups is 3. The van der Waals surface area contributed by atoms with Crippen molar-refractivity contribution >= 4 is 17.7 Å². The first-order valence-corrected chi connectivity index (χ1v) is 12.0. The highest BCUT2D eigenvalue weighted by Gasteiger charge is 2.55. The zero-order valence-corrected chi connectivity index (χ0v) is 21.0. The van der Waals surface area contributed by atoms with Gasteiger partial charge in [-0.1, -0.05) is 30.3 Å². The second-order valence-electron chi connectivity index (χ2n) is 8.95. The lowest BCUT2D eigenvalue weighted by Crippen LogP contribution is -2.44. The summed E-state index contributed by atoms with van der Waals surface area (Å²) in [6, 6.07) is 12.7. The molecule has 9 heteroatoms. The van der Waals surface area contributed by atoms with Crippen LogP contribution in [-0.2, 0) is 31.1 Å². The molecule has 1 fully saturated rings. The van der Waals surface area contributed by atoms with Crippen LogP contribution >= 0.6 is 0 Å². The number of benzene rings is 2. The highest BCUT2D eigenvalue weighted by Crippen LogP contribution is 2.44. The van der Waals surface area contributed by atoms with E-state index in [0.29, 0.717) is 48.9 Å². The number of ether oxygens (including phenoxy) is 4. The first kappa shape index (κ1) is 25.5. The largest absolute Gasteiger partial charge is 0.496 e. The van der Waals surface area contributed by atoms with Crippen molar-refractivity contribution in [3.05, 3.63) is 53.6 Å². The highest BCUT2D eigenvalue weighted by atomic mass is 16.5. The third kappa shape index (κ3) is 4.75. The number of fused-ring (bicyclic) bond motifs is 1. The Kier molecular flexibility index (Phi) is 7.79. The standard InChI is InChI=1S/C27H32N2O7/c1-33-15-13-29-24(31)17-27(26(29)32,20-9-4-5-10-21(20)34-2)16-23(30)28-12-7-14-36-25-19(18-28)8-6-11-22(25)35-3/h4-6,8-11H,7,12-18H2,1-3H3/t27-/m1/s1. The Labute approximate surface area is 210 Å². The summed E-state index contributed by atoms with van der Waals surface area (Å²) in [4.78, 5) is 43.6. The molecule has 1 atom stereocenters. The Morgan fingerprint density at radius 1 is 1.03 bits per heavy atom. The van der Waals surface area contributed by atoms with Gasteiger partial charge in [-0.3, -0.25) is 19.3 Å². The molecule has 4 rings (SSSR count). The highest BCUT2D eigenvalue weighted by molar-refractivity contribution is 6.11. The molecular weight excluding hydrogens is 464 g/mol. The first-order valence-electron chi connectivity index (χ1n) is 12.0. The van der Waals surface area contributed by atoms with E-state index in [1.807, 2.05) is 18.2 Å². The zero-order valence-electron chi connectivity index (χ0n) is 21.0. The molecule has 0 aliphatic carbocycles. The summed E-state index contributed by atoms with van der Waals surface area (Å²) in [5.41, 5.74) is 0.00534. The number of carbonyl (C=O) groups excluding carboxylic acids is 3. The lowest BCUT2D eigenvalue weighted by molar-refractivity contribution is -0.143. The number of amides is 3. The molecule has 2 aliphatic rings. The van der Waals surface area contributed by atoms with E-state index >= 15 is 0 Å². The van der Waals surface area contributed by atoms with Crippen LogP contribution in [0.2, 0.25) is 0 Å². The van der Waals surface area contributed by atoms with Crippen LogP contribution in [0.25, 0.3) is 0 Å². The predicted octanol–water partition coefficient (Wildman–Crippen LogP) is 2.55. The second-order valence-corrected chi connectivity index (χ2v) is 8.95. The number of methoxy groups -OCH3 is 3. The van der Waals surface area contributed by atoms with Crippen molar-refractivity contribution in [1.82, 2.24) is 9.80 Å². The normalized spacial score (nSPS) is 19.9. The molecule has 0 radical (unpaired) electrons. The van der Waals surface area contributed by atoms with Crippen molar-refractivity contribution in [1.29, 1.82) is 0 Å². The lowest BCUT2D eigenvalue weighted by Gasteiger charge is -2.32. The molecule has 0 spiro atoms. The molecule has 2 aromatic rings. The topological polar surface area (TPSA) is 94.6 Å². The maximum absolute atomic E-state index is 13.8. The van der Waals surface area contributed by atoms with Crippen molar-refractivity contribution in [2.75, 3.05) is 47.6 Å². The van der Waals surface area contributed by atoms with Gasteiger partial charge in [-0.05, 0) is 18.6 Å². The monoisotopic (exact) mass is 496 g/mol. The molecule has 2 aliphatic heterocycles. The van der Waals surface area contributed by atoms with Crippen molar-refractivity contribution in [2.24, 2.45) is 0 Å². The van der Waals surface area contributed by atoms with Gasteiger partial charge in [-0.25, -0.2) is 0 Å². The molecule has 2 aromatic carbocycles. The van der Waals surface area contributed by atoms with Gasteiger partial charge in [-0.15, -0.1) is 0 Å². The molecule has 3 amide bonds. The van der Waals surface area contributed by atoms with Gasteiger partial charge >= 0.3 is 0 Å². The molecule has 36 heavy (non-hydrogen) atoms. The Hall–Kier alpha value is -3.59. The van der Waals surface area contributed by atoms with Gasteiger partial charge in [-0.2, -0.15) is 0 Å². The molecule has 192 valence electrons. The van der Waals surface area contributed by atoms with E-state index in [2.05, 4.69) is 0 Å².